The Bertz CT molecular complexity index is 268. The fourth-order valence-electron chi connectivity index (χ4n) is 2.36. The second kappa shape index (κ2) is 10.0. The van der Waals surface area contributed by atoms with Crippen molar-refractivity contribution < 1.29 is 0 Å². The summed E-state index contributed by atoms with van der Waals surface area (Å²) in [6.45, 7) is 14.9. The maximum Gasteiger partial charge on any atom is 0.191 e. The predicted octanol–water partition coefficient (Wildman–Crippen LogP) is 2.57. The maximum absolute atomic E-state index is 4.75. The Morgan fingerprint density at radius 3 is 2.15 bits per heavy atom. The van der Waals surface area contributed by atoms with Gasteiger partial charge in [0.05, 0.1) is 0 Å². The second-order valence-electron chi connectivity index (χ2n) is 6.66. The number of hydrogen-bond donors (Lipinski definition) is 2. The summed E-state index contributed by atoms with van der Waals surface area (Å²) in [7, 11) is 4.23. The van der Waals surface area contributed by atoms with E-state index in [1.54, 1.807) is 0 Å². The summed E-state index contributed by atoms with van der Waals surface area (Å²) >= 11 is 0. The predicted molar refractivity (Wildman–Crippen MR) is 90.4 cm³/mol. The lowest BCUT2D eigenvalue weighted by Gasteiger charge is -2.27. The third-order valence-electron chi connectivity index (χ3n) is 3.47. The Morgan fingerprint density at radius 2 is 1.70 bits per heavy atom. The molecule has 0 fully saturated rings. The lowest BCUT2D eigenvalue weighted by atomic mass is 9.93. The van der Waals surface area contributed by atoms with E-state index in [0.29, 0.717) is 0 Å². The van der Waals surface area contributed by atoms with E-state index in [1.165, 1.54) is 12.8 Å². The summed E-state index contributed by atoms with van der Waals surface area (Å²) in [6, 6.07) is 0. The maximum atomic E-state index is 4.75. The molecule has 0 atom stereocenters. The van der Waals surface area contributed by atoms with Gasteiger partial charge in [-0.05, 0) is 32.4 Å². The van der Waals surface area contributed by atoms with Crippen molar-refractivity contribution in [1.82, 2.24) is 15.5 Å². The van der Waals surface area contributed by atoms with Crippen molar-refractivity contribution in [1.29, 1.82) is 0 Å². The van der Waals surface area contributed by atoms with Crippen LogP contribution in [0, 0.1) is 11.3 Å². The molecule has 0 aliphatic rings. The topological polar surface area (TPSA) is 39.7 Å². The molecule has 0 spiro atoms. The molecule has 0 saturated carbocycles. The van der Waals surface area contributed by atoms with Gasteiger partial charge in [0.25, 0.3) is 0 Å². The van der Waals surface area contributed by atoms with Crippen LogP contribution in [-0.4, -0.2) is 51.1 Å². The van der Waals surface area contributed by atoms with E-state index < -0.39 is 0 Å². The van der Waals surface area contributed by atoms with E-state index in [1.807, 2.05) is 0 Å². The monoisotopic (exact) mass is 284 g/mol. The van der Waals surface area contributed by atoms with Crippen LogP contribution in [0.4, 0.5) is 0 Å². The summed E-state index contributed by atoms with van der Waals surface area (Å²) in [5.74, 6) is 1.68. The summed E-state index contributed by atoms with van der Waals surface area (Å²) in [5, 5.41) is 6.81. The van der Waals surface area contributed by atoms with Crippen LogP contribution in [0.3, 0.4) is 0 Å². The molecule has 0 amide bonds. The van der Waals surface area contributed by atoms with E-state index >= 15 is 0 Å². The lowest BCUT2D eigenvalue weighted by Crippen LogP contribution is -2.41. The fourth-order valence-corrected chi connectivity index (χ4v) is 2.36. The molecule has 0 aromatic rings. The van der Waals surface area contributed by atoms with Crippen LogP contribution in [0.5, 0.6) is 0 Å². The van der Waals surface area contributed by atoms with Gasteiger partial charge in [0.2, 0.25) is 0 Å². The quantitative estimate of drug-likeness (QED) is 0.505. The van der Waals surface area contributed by atoms with E-state index in [2.05, 4.69) is 64.2 Å². The van der Waals surface area contributed by atoms with Crippen molar-refractivity contribution >= 4 is 5.96 Å². The molecule has 0 heterocycles. The largest absolute Gasteiger partial charge is 0.357 e. The molecule has 0 aromatic heterocycles. The van der Waals surface area contributed by atoms with Crippen LogP contribution in [0.1, 0.15) is 47.5 Å². The molecular formula is C16H36N4. The molecule has 4 heteroatoms. The van der Waals surface area contributed by atoms with E-state index in [4.69, 9.17) is 4.99 Å². The molecule has 4 nitrogen and oxygen atoms in total. The average Bonchev–Trinajstić information content (AvgIpc) is 2.35. The summed E-state index contributed by atoms with van der Waals surface area (Å²) in [5.41, 5.74) is 0.195. The van der Waals surface area contributed by atoms with Crippen molar-refractivity contribution in [3.8, 4) is 0 Å². The minimum atomic E-state index is 0.195. The molecular weight excluding hydrogens is 248 g/mol. The van der Waals surface area contributed by atoms with Gasteiger partial charge in [0.1, 0.15) is 0 Å². The van der Waals surface area contributed by atoms with Gasteiger partial charge in [-0.2, -0.15) is 0 Å². The number of hydrogen-bond acceptors (Lipinski definition) is 2. The summed E-state index contributed by atoms with van der Waals surface area (Å²) in [4.78, 5) is 6.97. The van der Waals surface area contributed by atoms with Gasteiger partial charge in [0.15, 0.2) is 5.96 Å². The lowest BCUT2D eigenvalue weighted by molar-refractivity contribution is 0.248. The number of nitrogens with one attached hydrogen (secondary N) is 2. The first-order valence-electron chi connectivity index (χ1n) is 8.01. The van der Waals surface area contributed by atoms with Gasteiger partial charge in [0, 0.05) is 26.2 Å². The minimum absolute atomic E-state index is 0.195. The Labute approximate surface area is 126 Å². The van der Waals surface area contributed by atoms with Crippen molar-refractivity contribution in [3.63, 3.8) is 0 Å². The van der Waals surface area contributed by atoms with Crippen molar-refractivity contribution in [2.24, 2.45) is 16.3 Å². The first-order valence-corrected chi connectivity index (χ1v) is 8.01. The molecule has 0 unspecified atom stereocenters. The Kier molecular flexibility index (Phi) is 9.64. The Morgan fingerprint density at radius 1 is 1.10 bits per heavy atom. The molecule has 0 aliphatic carbocycles. The zero-order valence-electron chi connectivity index (χ0n) is 14.7. The third kappa shape index (κ3) is 9.18. The molecule has 0 radical (unpaired) electrons. The van der Waals surface area contributed by atoms with Crippen LogP contribution < -0.4 is 10.6 Å². The fraction of sp³-hybridized carbons (Fsp3) is 0.938. The van der Waals surface area contributed by atoms with Crippen molar-refractivity contribution in [2.75, 3.05) is 40.3 Å². The molecule has 0 bridgehead atoms. The normalized spacial score (nSPS) is 13.2. The highest BCUT2D eigenvalue weighted by molar-refractivity contribution is 5.79. The van der Waals surface area contributed by atoms with Crippen LogP contribution >= 0.6 is 0 Å². The highest BCUT2D eigenvalue weighted by atomic mass is 15.2. The molecule has 120 valence electrons. The van der Waals surface area contributed by atoms with Gasteiger partial charge in [-0.1, -0.05) is 40.5 Å². The summed E-state index contributed by atoms with van der Waals surface area (Å²) < 4.78 is 0. The minimum Gasteiger partial charge on any atom is -0.357 e. The van der Waals surface area contributed by atoms with Crippen LogP contribution in [0.2, 0.25) is 0 Å². The highest BCUT2D eigenvalue weighted by Crippen LogP contribution is 2.16. The molecule has 0 saturated heterocycles. The third-order valence-corrected chi connectivity index (χ3v) is 3.47. The Balaban J connectivity index is 4.45. The van der Waals surface area contributed by atoms with Crippen molar-refractivity contribution in [3.05, 3.63) is 0 Å². The molecule has 0 rings (SSSR count). The molecule has 20 heavy (non-hydrogen) atoms. The molecule has 0 aliphatic heterocycles. The highest BCUT2D eigenvalue weighted by Gasteiger charge is 2.18. The number of rotatable bonds is 9. The molecule has 0 aromatic carbocycles. The van der Waals surface area contributed by atoms with Crippen molar-refractivity contribution in [2.45, 2.75) is 47.5 Å². The van der Waals surface area contributed by atoms with E-state index in [-0.39, 0.29) is 5.41 Å². The van der Waals surface area contributed by atoms with Gasteiger partial charge in [-0.25, -0.2) is 0 Å². The Hall–Kier alpha value is -0.770. The number of aliphatic imine (C=N–C) groups is 1. The smallest absolute Gasteiger partial charge is 0.191 e. The number of nitrogens with zero attached hydrogens (tertiary/aromatic N) is 2. The van der Waals surface area contributed by atoms with Gasteiger partial charge in [-0.3, -0.25) is 4.99 Å². The van der Waals surface area contributed by atoms with Gasteiger partial charge < -0.3 is 15.5 Å². The zero-order valence-corrected chi connectivity index (χ0v) is 14.7. The van der Waals surface area contributed by atoms with E-state index in [9.17, 15) is 0 Å². The van der Waals surface area contributed by atoms with Crippen LogP contribution in [-0.2, 0) is 0 Å². The zero-order chi connectivity index (χ0) is 15.6. The first kappa shape index (κ1) is 19.2. The average molecular weight is 284 g/mol. The van der Waals surface area contributed by atoms with Gasteiger partial charge >= 0.3 is 0 Å². The summed E-state index contributed by atoms with van der Waals surface area (Å²) in [6.07, 6.45) is 2.43. The van der Waals surface area contributed by atoms with Crippen LogP contribution in [0.25, 0.3) is 0 Å². The standard InChI is InChI=1S/C16H36N4/c1-8-14(9-2)11-18-15(17-10-3)19-12-16(4,5)13-20(6)7/h14H,8-13H2,1-7H3,(H2,17,18,19). The first-order chi connectivity index (χ1) is 9.34. The van der Waals surface area contributed by atoms with Gasteiger partial charge in [-0.15, -0.1) is 0 Å². The SMILES string of the molecule is CCNC(=NCC(C)(C)CN(C)C)NCC(CC)CC. The molecule has 2 N–H and O–H groups in total. The van der Waals surface area contributed by atoms with E-state index in [0.717, 1.165) is 38.1 Å². The second-order valence-corrected chi connectivity index (χ2v) is 6.66. The number of guanidine groups is 1. The van der Waals surface area contributed by atoms with Crippen LogP contribution in [0.15, 0.2) is 4.99 Å².